The van der Waals surface area contributed by atoms with Crippen LogP contribution in [0.4, 0.5) is 5.69 Å². The molecule has 3 rings (SSSR count). The number of hydrogen-bond acceptors (Lipinski definition) is 5. The number of ether oxygens (including phenoxy) is 1. The molecule has 0 saturated carbocycles. The van der Waals surface area contributed by atoms with Gasteiger partial charge in [-0.3, -0.25) is 4.79 Å². The molecule has 0 aliphatic carbocycles. The van der Waals surface area contributed by atoms with Crippen molar-refractivity contribution in [3.8, 4) is 0 Å². The normalized spacial score (nSPS) is 16.0. The monoisotopic (exact) mass is 350 g/mol. The summed E-state index contributed by atoms with van der Waals surface area (Å²) in [5, 5.41) is 2.67. The number of nitrogens with zero attached hydrogens (tertiary/aromatic N) is 1. The van der Waals surface area contributed by atoms with Crippen molar-refractivity contribution in [2.75, 3.05) is 31.6 Å². The number of amides is 1. The number of carbonyl (C=O) groups excluding carboxylic acids is 1. The van der Waals surface area contributed by atoms with Crippen LogP contribution < -0.4 is 5.32 Å². The Morgan fingerprint density at radius 1 is 1.08 bits per heavy atom. The summed E-state index contributed by atoms with van der Waals surface area (Å²) in [6.45, 7) is 3.24. The molecule has 1 aliphatic rings. The van der Waals surface area contributed by atoms with Gasteiger partial charge in [-0.05, 0) is 43.3 Å². The van der Waals surface area contributed by atoms with Gasteiger partial charge in [0.1, 0.15) is 5.76 Å². The molecule has 0 bridgehead atoms. The topological polar surface area (TPSA) is 88.9 Å². The molecule has 0 radical (unpaired) electrons. The lowest BCUT2D eigenvalue weighted by molar-refractivity contribution is 0.0730. The molecular weight excluding hydrogens is 332 g/mol. The number of furan rings is 1. The van der Waals surface area contributed by atoms with Gasteiger partial charge in [0.05, 0.1) is 18.1 Å². The minimum atomic E-state index is -3.53. The first-order valence-electron chi connectivity index (χ1n) is 7.52. The van der Waals surface area contributed by atoms with Gasteiger partial charge in [-0.25, -0.2) is 8.42 Å². The first-order valence-corrected chi connectivity index (χ1v) is 8.96. The predicted molar refractivity (Wildman–Crippen MR) is 87.4 cm³/mol. The van der Waals surface area contributed by atoms with E-state index in [1.165, 1.54) is 16.4 Å². The number of rotatable bonds is 4. The average molecular weight is 350 g/mol. The number of morpholine rings is 1. The lowest BCUT2D eigenvalue weighted by Gasteiger charge is -2.26. The average Bonchev–Trinajstić information content (AvgIpc) is 3.03. The Labute approximate surface area is 140 Å². The molecule has 1 aliphatic heterocycles. The smallest absolute Gasteiger partial charge is 0.291 e. The molecule has 1 saturated heterocycles. The van der Waals surface area contributed by atoms with Crippen LogP contribution in [0.3, 0.4) is 0 Å². The highest BCUT2D eigenvalue weighted by atomic mass is 32.2. The van der Waals surface area contributed by atoms with Crippen molar-refractivity contribution in [3.05, 3.63) is 47.9 Å². The van der Waals surface area contributed by atoms with Crippen LogP contribution in [-0.2, 0) is 14.8 Å². The third-order valence-electron chi connectivity index (χ3n) is 3.68. The van der Waals surface area contributed by atoms with Crippen molar-refractivity contribution in [3.63, 3.8) is 0 Å². The summed E-state index contributed by atoms with van der Waals surface area (Å²) in [4.78, 5) is 12.2. The highest BCUT2D eigenvalue weighted by Crippen LogP contribution is 2.20. The minimum absolute atomic E-state index is 0.191. The van der Waals surface area contributed by atoms with Crippen LogP contribution in [0, 0.1) is 6.92 Å². The van der Waals surface area contributed by atoms with E-state index >= 15 is 0 Å². The van der Waals surface area contributed by atoms with Gasteiger partial charge in [-0.1, -0.05) is 0 Å². The molecule has 2 aromatic rings. The van der Waals surface area contributed by atoms with Gasteiger partial charge >= 0.3 is 0 Å². The van der Waals surface area contributed by atoms with Gasteiger partial charge in [0.2, 0.25) is 10.0 Å². The molecule has 1 N–H and O–H groups in total. The summed E-state index contributed by atoms with van der Waals surface area (Å²) in [7, 11) is -3.53. The number of hydrogen-bond donors (Lipinski definition) is 1. The maximum absolute atomic E-state index is 12.5. The summed E-state index contributed by atoms with van der Waals surface area (Å²) < 4.78 is 36.8. The second kappa shape index (κ2) is 6.76. The summed E-state index contributed by atoms with van der Waals surface area (Å²) in [5.41, 5.74) is 0.495. The second-order valence-corrected chi connectivity index (χ2v) is 7.34. The van der Waals surface area contributed by atoms with Crippen LogP contribution in [0.5, 0.6) is 0 Å². The van der Waals surface area contributed by atoms with Crippen LogP contribution in [0.2, 0.25) is 0 Å². The minimum Gasteiger partial charge on any atom is -0.456 e. The van der Waals surface area contributed by atoms with Crippen LogP contribution in [0.25, 0.3) is 0 Å². The van der Waals surface area contributed by atoms with E-state index in [1.807, 2.05) is 0 Å². The van der Waals surface area contributed by atoms with E-state index in [4.69, 9.17) is 9.15 Å². The van der Waals surface area contributed by atoms with E-state index in [0.29, 0.717) is 37.8 Å². The molecule has 0 spiro atoms. The Morgan fingerprint density at radius 3 is 2.33 bits per heavy atom. The van der Waals surface area contributed by atoms with E-state index in [9.17, 15) is 13.2 Å². The van der Waals surface area contributed by atoms with Crippen LogP contribution in [0.15, 0.2) is 45.7 Å². The SMILES string of the molecule is Cc1ccc(C(=O)Nc2ccc(S(=O)(=O)N3CCOCC3)cc2)o1. The van der Waals surface area contributed by atoms with Crippen LogP contribution in [-0.4, -0.2) is 44.9 Å². The third-order valence-corrected chi connectivity index (χ3v) is 5.60. The molecule has 24 heavy (non-hydrogen) atoms. The van der Waals surface area contributed by atoms with E-state index in [0.717, 1.165) is 0 Å². The number of anilines is 1. The molecule has 1 fully saturated rings. The zero-order chi connectivity index (χ0) is 17.2. The number of benzene rings is 1. The molecule has 1 amide bonds. The number of sulfonamides is 1. The zero-order valence-corrected chi connectivity index (χ0v) is 14.0. The molecular formula is C16H18N2O5S. The fourth-order valence-corrected chi connectivity index (χ4v) is 3.80. The van der Waals surface area contributed by atoms with E-state index in [-0.39, 0.29) is 16.6 Å². The van der Waals surface area contributed by atoms with Crippen molar-refractivity contribution >= 4 is 21.6 Å². The Balaban J connectivity index is 1.72. The molecule has 0 atom stereocenters. The second-order valence-electron chi connectivity index (χ2n) is 5.41. The highest BCUT2D eigenvalue weighted by molar-refractivity contribution is 7.89. The maximum Gasteiger partial charge on any atom is 0.291 e. The Morgan fingerprint density at radius 2 is 1.75 bits per heavy atom. The summed E-state index contributed by atoms with van der Waals surface area (Å²) in [5.74, 6) is 0.469. The lowest BCUT2D eigenvalue weighted by Crippen LogP contribution is -2.40. The van der Waals surface area contributed by atoms with Gasteiger partial charge < -0.3 is 14.5 Å². The predicted octanol–water partition coefficient (Wildman–Crippen LogP) is 1.86. The van der Waals surface area contributed by atoms with Crippen molar-refractivity contribution in [2.24, 2.45) is 0 Å². The molecule has 1 aromatic heterocycles. The van der Waals surface area contributed by atoms with Gasteiger partial charge in [-0.2, -0.15) is 4.31 Å². The summed E-state index contributed by atoms with van der Waals surface area (Å²) >= 11 is 0. The molecule has 128 valence electrons. The Kier molecular flexibility index (Phi) is 4.70. The Bertz CT molecular complexity index is 820. The first-order chi connectivity index (χ1) is 11.5. The van der Waals surface area contributed by atoms with Crippen molar-refractivity contribution in [1.82, 2.24) is 4.31 Å². The van der Waals surface area contributed by atoms with Crippen molar-refractivity contribution in [2.45, 2.75) is 11.8 Å². The van der Waals surface area contributed by atoms with E-state index < -0.39 is 10.0 Å². The lowest BCUT2D eigenvalue weighted by atomic mass is 10.3. The number of nitrogens with one attached hydrogen (secondary N) is 1. The first kappa shape index (κ1) is 16.7. The molecule has 8 heteroatoms. The summed E-state index contributed by atoms with van der Waals surface area (Å²) in [6.07, 6.45) is 0. The van der Waals surface area contributed by atoms with Gasteiger partial charge in [0, 0.05) is 18.8 Å². The zero-order valence-electron chi connectivity index (χ0n) is 13.2. The standard InChI is InChI=1S/C16H18N2O5S/c1-12-2-7-15(23-12)16(19)17-13-3-5-14(6-4-13)24(20,21)18-8-10-22-11-9-18/h2-7H,8-11H2,1H3,(H,17,19). The molecule has 2 heterocycles. The van der Waals surface area contributed by atoms with Gasteiger partial charge in [0.25, 0.3) is 5.91 Å². The Hall–Kier alpha value is -2.16. The largest absolute Gasteiger partial charge is 0.456 e. The number of carbonyl (C=O) groups is 1. The van der Waals surface area contributed by atoms with Crippen LogP contribution in [0.1, 0.15) is 16.3 Å². The maximum atomic E-state index is 12.5. The van der Waals surface area contributed by atoms with E-state index in [2.05, 4.69) is 5.32 Å². The van der Waals surface area contributed by atoms with Gasteiger partial charge in [0.15, 0.2) is 5.76 Å². The number of aryl methyl sites for hydroxylation is 1. The van der Waals surface area contributed by atoms with Crippen LogP contribution >= 0.6 is 0 Å². The third kappa shape index (κ3) is 3.50. The van der Waals surface area contributed by atoms with Crippen molar-refractivity contribution < 1.29 is 22.4 Å². The van der Waals surface area contributed by atoms with Crippen molar-refractivity contribution in [1.29, 1.82) is 0 Å². The van der Waals surface area contributed by atoms with Gasteiger partial charge in [-0.15, -0.1) is 0 Å². The molecule has 1 aromatic carbocycles. The fourth-order valence-electron chi connectivity index (χ4n) is 2.40. The fraction of sp³-hybridized carbons (Fsp3) is 0.312. The highest BCUT2D eigenvalue weighted by Gasteiger charge is 2.26. The quantitative estimate of drug-likeness (QED) is 0.909. The van der Waals surface area contributed by atoms with E-state index in [1.54, 1.807) is 31.2 Å². The molecule has 0 unspecified atom stereocenters. The molecule has 7 nitrogen and oxygen atoms in total. The summed E-state index contributed by atoms with van der Waals surface area (Å²) in [6, 6.07) is 9.36.